The van der Waals surface area contributed by atoms with E-state index in [4.69, 9.17) is 16.3 Å². The van der Waals surface area contributed by atoms with Gasteiger partial charge in [0.15, 0.2) is 0 Å². The molecule has 31 heavy (non-hydrogen) atoms. The number of carbonyl (C=O) groups is 1. The molecule has 1 amide bonds. The number of amides is 1. The lowest BCUT2D eigenvalue weighted by atomic mass is 10.2. The van der Waals surface area contributed by atoms with Crippen LogP contribution in [0.1, 0.15) is 15.9 Å². The van der Waals surface area contributed by atoms with Gasteiger partial charge in [-0.2, -0.15) is 5.10 Å². The van der Waals surface area contributed by atoms with Crippen LogP contribution in [-0.2, 0) is 0 Å². The molecular weight excluding hydrogens is 428 g/mol. The number of hydrazone groups is 1. The zero-order chi connectivity index (χ0) is 22.4. The molecule has 0 unspecified atom stereocenters. The summed E-state index contributed by atoms with van der Waals surface area (Å²) in [5.74, 6) is -0.259. The van der Waals surface area contributed by atoms with Gasteiger partial charge >= 0.3 is 5.69 Å². The number of hydrogen-bond acceptors (Lipinski definition) is 7. The van der Waals surface area contributed by atoms with E-state index in [-0.39, 0.29) is 11.5 Å². The third-order valence-electron chi connectivity index (χ3n) is 3.94. The summed E-state index contributed by atoms with van der Waals surface area (Å²) in [6.07, 6.45) is 1.41. The molecular formula is C20H13ClN4O6. The summed E-state index contributed by atoms with van der Waals surface area (Å²) >= 11 is 5.78. The molecule has 0 atom stereocenters. The van der Waals surface area contributed by atoms with Gasteiger partial charge in [-0.3, -0.25) is 25.0 Å². The Hall–Kier alpha value is -4.31. The third kappa shape index (κ3) is 5.61. The van der Waals surface area contributed by atoms with Gasteiger partial charge in [-0.05, 0) is 60.2 Å². The van der Waals surface area contributed by atoms with Crippen molar-refractivity contribution in [2.24, 2.45) is 5.10 Å². The molecule has 0 aromatic heterocycles. The monoisotopic (exact) mass is 440 g/mol. The molecule has 10 nitrogen and oxygen atoms in total. The Morgan fingerprint density at radius 1 is 0.968 bits per heavy atom. The highest BCUT2D eigenvalue weighted by atomic mass is 35.5. The zero-order valence-electron chi connectivity index (χ0n) is 15.6. The molecule has 3 aromatic carbocycles. The zero-order valence-corrected chi connectivity index (χ0v) is 16.4. The molecule has 1 N–H and O–H groups in total. The maximum atomic E-state index is 12.0. The predicted molar refractivity (Wildman–Crippen MR) is 113 cm³/mol. The highest BCUT2D eigenvalue weighted by Crippen LogP contribution is 2.34. The summed E-state index contributed by atoms with van der Waals surface area (Å²) in [5.41, 5.74) is 2.47. The highest BCUT2D eigenvalue weighted by Gasteiger charge is 2.21. The molecule has 3 rings (SSSR count). The van der Waals surface area contributed by atoms with Crippen molar-refractivity contribution in [1.82, 2.24) is 5.43 Å². The topological polar surface area (TPSA) is 137 Å². The number of rotatable bonds is 7. The Labute approximate surface area is 180 Å². The van der Waals surface area contributed by atoms with Crippen LogP contribution in [0.15, 0.2) is 71.8 Å². The number of nitrogens with one attached hydrogen (secondary N) is 1. The second kappa shape index (κ2) is 9.46. The predicted octanol–water partition coefficient (Wildman–Crippen LogP) is 4.71. The second-order valence-electron chi connectivity index (χ2n) is 6.04. The van der Waals surface area contributed by atoms with Gasteiger partial charge in [-0.15, -0.1) is 0 Å². The van der Waals surface area contributed by atoms with Crippen LogP contribution in [0.5, 0.6) is 11.5 Å². The highest BCUT2D eigenvalue weighted by molar-refractivity contribution is 6.30. The van der Waals surface area contributed by atoms with Crippen LogP contribution in [0, 0.1) is 20.2 Å². The molecule has 0 aliphatic heterocycles. The standard InChI is InChI=1S/C20H13ClN4O6/c21-15-5-3-14(4-6-15)20(26)23-22-12-13-1-8-17(9-2-13)31-19-10-7-16(24(27)28)11-18(19)25(29)30/h1-12H,(H,23,26)/b22-12+. The van der Waals surface area contributed by atoms with Crippen molar-refractivity contribution in [2.45, 2.75) is 0 Å². The van der Waals surface area contributed by atoms with Crippen molar-refractivity contribution >= 4 is 35.1 Å². The van der Waals surface area contributed by atoms with Gasteiger partial charge in [0.2, 0.25) is 5.75 Å². The first kappa shape index (κ1) is 21.4. The maximum Gasteiger partial charge on any atom is 0.318 e. The van der Waals surface area contributed by atoms with Gasteiger partial charge in [0.05, 0.1) is 22.1 Å². The number of ether oxygens (including phenoxy) is 1. The molecule has 3 aromatic rings. The third-order valence-corrected chi connectivity index (χ3v) is 4.20. The smallest absolute Gasteiger partial charge is 0.318 e. The molecule has 0 spiro atoms. The van der Waals surface area contributed by atoms with Crippen LogP contribution in [0.2, 0.25) is 5.02 Å². The first-order valence-electron chi connectivity index (χ1n) is 8.63. The number of benzene rings is 3. The Balaban J connectivity index is 1.66. The van der Waals surface area contributed by atoms with Gasteiger partial charge in [-0.1, -0.05) is 11.6 Å². The van der Waals surface area contributed by atoms with Crippen LogP contribution in [0.25, 0.3) is 0 Å². The van der Waals surface area contributed by atoms with Gasteiger partial charge in [0, 0.05) is 16.7 Å². The van der Waals surface area contributed by atoms with E-state index in [2.05, 4.69) is 10.5 Å². The summed E-state index contributed by atoms with van der Waals surface area (Å²) in [6, 6.07) is 15.7. The largest absolute Gasteiger partial charge is 0.450 e. The fraction of sp³-hybridized carbons (Fsp3) is 0. The summed E-state index contributed by atoms with van der Waals surface area (Å²) < 4.78 is 5.48. The molecule has 0 heterocycles. The molecule has 0 bridgehead atoms. The fourth-order valence-corrected chi connectivity index (χ4v) is 2.55. The van der Waals surface area contributed by atoms with E-state index in [0.717, 1.165) is 18.2 Å². The minimum Gasteiger partial charge on any atom is -0.450 e. The number of hydrogen-bond donors (Lipinski definition) is 1. The van der Waals surface area contributed by atoms with Gasteiger partial charge in [0.1, 0.15) is 5.75 Å². The molecule has 0 aliphatic rings. The fourth-order valence-electron chi connectivity index (χ4n) is 2.43. The average Bonchev–Trinajstić information content (AvgIpc) is 2.75. The maximum absolute atomic E-state index is 12.0. The van der Waals surface area contributed by atoms with E-state index in [1.165, 1.54) is 18.3 Å². The summed E-state index contributed by atoms with van der Waals surface area (Å²) in [6.45, 7) is 0. The van der Waals surface area contributed by atoms with Crippen molar-refractivity contribution in [2.75, 3.05) is 0 Å². The Bertz CT molecular complexity index is 1160. The van der Waals surface area contributed by atoms with Crippen molar-refractivity contribution < 1.29 is 19.4 Å². The number of non-ortho nitro benzene ring substituents is 1. The van der Waals surface area contributed by atoms with Gasteiger partial charge < -0.3 is 4.74 Å². The Morgan fingerprint density at radius 3 is 2.26 bits per heavy atom. The SMILES string of the molecule is O=C(N/N=C/c1ccc(Oc2ccc([N+](=O)[O-])cc2[N+](=O)[O-])cc1)c1ccc(Cl)cc1. The van der Waals surface area contributed by atoms with Crippen LogP contribution in [0.3, 0.4) is 0 Å². The Morgan fingerprint density at radius 2 is 1.65 bits per heavy atom. The number of halogens is 1. The van der Waals surface area contributed by atoms with E-state index in [9.17, 15) is 25.0 Å². The summed E-state index contributed by atoms with van der Waals surface area (Å²) in [4.78, 5) is 32.5. The molecule has 0 aliphatic carbocycles. The molecule has 156 valence electrons. The minimum atomic E-state index is -0.757. The summed E-state index contributed by atoms with van der Waals surface area (Å²) in [5, 5.41) is 26.4. The van der Waals surface area contributed by atoms with Crippen LogP contribution in [0.4, 0.5) is 11.4 Å². The lowest BCUT2D eigenvalue weighted by Gasteiger charge is -2.06. The molecule has 0 fully saturated rings. The molecule has 0 radical (unpaired) electrons. The van der Waals surface area contributed by atoms with E-state index < -0.39 is 27.1 Å². The van der Waals surface area contributed by atoms with E-state index >= 15 is 0 Å². The van der Waals surface area contributed by atoms with Crippen molar-refractivity contribution in [1.29, 1.82) is 0 Å². The minimum absolute atomic E-state index is 0.132. The Kier molecular flexibility index (Phi) is 6.53. The van der Waals surface area contributed by atoms with Crippen LogP contribution >= 0.6 is 11.6 Å². The van der Waals surface area contributed by atoms with Crippen LogP contribution < -0.4 is 10.2 Å². The molecule has 0 saturated carbocycles. The lowest BCUT2D eigenvalue weighted by Crippen LogP contribution is -2.17. The van der Waals surface area contributed by atoms with Gasteiger partial charge in [0.25, 0.3) is 11.6 Å². The van der Waals surface area contributed by atoms with Crippen molar-refractivity contribution in [3.63, 3.8) is 0 Å². The van der Waals surface area contributed by atoms with E-state index in [0.29, 0.717) is 16.1 Å². The number of carbonyl (C=O) groups excluding carboxylic acids is 1. The lowest BCUT2D eigenvalue weighted by molar-refractivity contribution is -0.394. The molecule has 11 heteroatoms. The normalized spacial score (nSPS) is 10.6. The van der Waals surface area contributed by atoms with Gasteiger partial charge in [-0.25, -0.2) is 5.43 Å². The quantitative estimate of drug-likeness (QED) is 0.320. The summed E-state index contributed by atoms with van der Waals surface area (Å²) in [7, 11) is 0. The second-order valence-corrected chi connectivity index (χ2v) is 6.48. The van der Waals surface area contributed by atoms with Crippen molar-refractivity contribution in [3.05, 3.63) is 103 Å². The number of nitro benzene ring substituents is 2. The van der Waals surface area contributed by atoms with E-state index in [1.54, 1.807) is 36.4 Å². The first-order valence-corrected chi connectivity index (χ1v) is 9.01. The number of nitro groups is 2. The number of nitrogens with zero attached hydrogens (tertiary/aromatic N) is 3. The van der Waals surface area contributed by atoms with E-state index in [1.807, 2.05) is 0 Å². The van der Waals surface area contributed by atoms with Crippen molar-refractivity contribution in [3.8, 4) is 11.5 Å². The van der Waals surface area contributed by atoms with Crippen LogP contribution in [-0.4, -0.2) is 22.0 Å². The first-order chi connectivity index (χ1) is 14.8. The molecule has 0 saturated heterocycles. The average molecular weight is 441 g/mol.